The van der Waals surface area contributed by atoms with E-state index in [9.17, 15) is 0 Å². The van der Waals surface area contributed by atoms with E-state index in [4.69, 9.17) is 5.26 Å². The first kappa shape index (κ1) is 12.7. The van der Waals surface area contributed by atoms with Gasteiger partial charge in [0.1, 0.15) is 0 Å². The number of hydrogen-bond acceptors (Lipinski definition) is 3. The van der Waals surface area contributed by atoms with Crippen molar-refractivity contribution < 1.29 is 0 Å². The molecule has 0 saturated carbocycles. The fraction of sp³-hybridized carbons (Fsp3) is 0.750. The Morgan fingerprint density at radius 2 is 2.06 bits per heavy atom. The molecule has 0 aliphatic heterocycles. The fourth-order valence-corrected chi connectivity index (χ4v) is 1.78. The van der Waals surface area contributed by atoms with E-state index >= 15 is 0 Å². The molecule has 0 aromatic carbocycles. The van der Waals surface area contributed by atoms with E-state index in [-0.39, 0.29) is 0 Å². The number of nitriles is 1. The van der Waals surface area contributed by atoms with Crippen LogP contribution in [0.25, 0.3) is 0 Å². The van der Waals surface area contributed by atoms with Gasteiger partial charge in [-0.3, -0.25) is 0 Å². The van der Waals surface area contributed by atoms with Crippen LogP contribution in [0, 0.1) is 11.3 Å². The van der Waals surface area contributed by atoms with E-state index in [1.54, 1.807) is 0 Å². The molecule has 88 valence electrons. The van der Waals surface area contributed by atoms with Crippen LogP contribution in [0.1, 0.15) is 50.9 Å². The minimum atomic E-state index is 0.378. The summed E-state index contributed by atoms with van der Waals surface area (Å²) in [5.74, 6) is 0. The third kappa shape index (κ3) is 3.34. The summed E-state index contributed by atoms with van der Waals surface area (Å²) in [6, 6.07) is 2.15. The molecular formula is C12H20N4. The molecule has 0 bridgehead atoms. The highest BCUT2D eigenvalue weighted by Crippen LogP contribution is 2.10. The van der Waals surface area contributed by atoms with Gasteiger partial charge in [-0.15, -0.1) is 5.10 Å². The fourth-order valence-electron chi connectivity index (χ4n) is 1.78. The van der Waals surface area contributed by atoms with Crippen molar-refractivity contribution >= 4 is 0 Å². The second kappa shape index (κ2) is 7.00. The Balaban J connectivity index is 2.71. The van der Waals surface area contributed by atoms with Crippen molar-refractivity contribution in [3.8, 4) is 6.07 Å². The van der Waals surface area contributed by atoms with Crippen molar-refractivity contribution in [2.45, 2.75) is 58.9 Å². The van der Waals surface area contributed by atoms with E-state index in [2.05, 4.69) is 30.2 Å². The molecule has 16 heavy (non-hydrogen) atoms. The Bertz CT molecular complexity index is 348. The van der Waals surface area contributed by atoms with Gasteiger partial charge < -0.3 is 0 Å². The van der Waals surface area contributed by atoms with Crippen molar-refractivity contribution in [2.24, 2.45) is 0 Å². The maximum absolute atomic E-state index is 8.71. The summed E-state index contributed by atoms with van der Waals surface area (Å²) in [5.41, 5.74) is 2.01. The Morgan fingerprint density at radius 3 is 2.69 bits per heavy atom. The van der Waals surface area contributed by atoms with Gasteiger partial charge in [0.2, 0.25) is 0 Å². The first-order valence-corrected chi connectivity index (χ1v) is 6.11. The molecule has 4 nitrogen and oxygen atoms in total. The minimum absolute atomic E-state index is 0.378. The highest BCUT2D eigenvalue weighted by molar-refractivity contribution is 5.14. The number of unbranched alkanes of at least 4 members (excludes halogenated alkanes) is 2. The Hall–Kier alpha value is -1.37. The van der Waals surface area contributed by atoms with Gasteiger partial charge in [0.25, 0.3) is 0 Å². The molecule has 0 saturated heterocycles. The van der Waals surface area contributed by atoms with Crippen LogP contribution in [0.2, 0.25) is 0 Å². The van der Waals surface area contributed by atoms with Gasteiger partial charge in [0, 0.05) is 6.54 Å². The van der Waals surface area contributed by atoms with Crippen molar-refractivity contribution in [1.82, 2.24) is 15.0 Å². The molecule has 1 aromatic rings. The molecule has 0 spiro atoms. The lowest BCUT2D eigenvalue weighted by atomic mass is 10.1. The lowest BCUT2D eigenvalue weighted by Gasteiger charge is -2.05. The summed E-state index contributed by atoms with van der Waals surface area (Å²) in [6.07, 6.45) is 5.99. The van der Waals surface area contributed by atoms with Crippen molar-refractivity contribution in [3.05, 3.63) is 11.4 Å². The summed E-state index contributed by atoms with van der Waals surface area (Å²) in [6.45, 7) is 5.26. The van der Waals surface area contributed by atoms with Gasteiger partial charge in [-0.2, -0.15) is 5.26 Å². The van der Waals surface area contributed by atoms with Crippen molar-refractivity contribution in [2.75, 3.05) is 0 Å². The molecule has 0 N–H and O–H groups in total. The number of hydrogen-bond donors (Lipinski definition) is 0. The highest BCUT2D eigenvalue weighted by Gasteiger charge is 2.10. The maximum atomic E-state index is 8.71. The molecule has 0 fully saturated rings. The van der Waals surface area contributed by atoms with Gasteiger partial charge in [-0.05, 0) is 12.8 Å². The van der Waals surface area contributed by atoms with Crippen LogP contribution in [0.5, 0.6) is 0 Å². The molecule has 0 aliphatic rings. The smallest absolute Gasteiger partial charge is 0.0999 e. The summed E-state index contributed by atoms with van der Waals surface area (Å²) in [5, 5.41) is 16.9. The zero-order valence-electron chi connectivity index (χ0n) is 10.2. The zero-order chi connectivity index (χ0) is 11.8. The van der Waals surface area contributed by atoms with Crippen molar-refractivity contribution in [3.63, 3.8) is 0 Å². The molecule has 0 atom stereocenters. The number of nitrogens with zero attached hydrogens (tertiary/aromatic N) is 4. The minimum Gasteiger partial charge on any atom is -0.249 e. The predicted molar refractivity (Wildman–Crippen MR) is 62.9 cm³/mol. The van der Waals surface area contributed by atoms with Crippen LogP contribution in [-0.2, 0) is 19.4 Å². The topological polar surface area (TPSA) is 54.5 Å². The van der Waals surface area contributed by atoms with Gasteiger partial charge in [-0.1, -0.05) is 38.3 Å². The van der Waals surface area contributed by atoms with Crippen LogP contribution >= 0.6 is 0 Å². The van der Waals surface area contributed by atoms with Crippen LogP contribution in [0.4, 0.5) is 0 Å². The molecule has 0 amide bonds. The van der Waals surface area contributed by atoms with Crippen molar-refractivity contribution in [1.29, 1.82) is 5.26 Å². The van der Waals surface area contributed by atoms with Gasteiger partial charge >= 0.3 is 0 Å². The average Bonchev–Trinajstić information content (AvgIpc) is 2.64. The molecular weight excluding hydrogens is 200 g/mol. The maximum Gasteiger partial charge on any atom is 0.0999 e. The zero-order valence-corrected chi connectivity index (χ0v) is 10.2. The predicted octanol–water partition coefficient (Wildman–Crippen LogP) is 2.49. The number of rotatable bonds is 7. The quantitative estimate of drug-likeness (QED) is 0.663. The average molecular weight is 220 g/mol. The lowest BCUT2D eigenvalue weighted by molar-refractivity contribution is 0.518. The van der Waals surface area contributed by atoms with E-state index in [1.807, 2.05) is 4.68 Å². The monoisotopic (exact) mass is 220 g/mol. The highest BCUT2D eigenvalue weighted by atomic mass is 15.4. The molecule has 0 unspecified atom stereocenters. The third-order valence-corrected chi connectivity index (χ3v) is 2.62. The molecule has 1 aromatic heterocycles. The molecule has 4 heteroatoms. The SMILES string of the molecule is CCCCCn1nnc(CC#N)c1CCC. The van der Waals surface area contributed by atoms with Crippen LogP contribution in [0.3, 0.4) is 0 Å². The van der Waals surface area contributed by atoms with E-state index < -0.39 is 0 Å². The first-order chi connectivity index (χ1) is 7.83. The molecule has 1 rings (SSSR count). The molecule has 0 aliphatic carbocycles. The molecule has 1 heterocycles. The summed E-state index contributed by atoms with van der Waals surface area (Å²) in [4.78, 5) is 0. The number of aryl methyl sites for hydroxylation is 1. The Morgan fingerprint density at radius 1 is 1.25 bits per heavy atom. The van der Waals surface area contributed by atoms with Crippen LogP contribution in [-0.4, -0.2) is 15.0 Å². The third-order valence-electron chi connectivity index (χ3n) is 2.62. The summed E-state index contributed by atoms with van der Waals surface area (Å²) < 4.78 is 1.98. The lowest BCUT2D eigenvalue weighted by Crippen LogP contribution is -2.06. The summed E-state index contributed by atoms with van der Waals surface area (Å²) >= 11 is 0. The largest absolute Gasteiger partial charge is 0.249 e. The Labute approximate surface area is 97.3 Å². The first-order valence-electron chi connectivity index (χ1n) is 6.11. The van der Waals surface area contributed by atoms with Gasteiger partial charge in [0.15, 0.2) is 0 Å². The van der Waals surface area contributed by atoms with Crippen LogP contribution in [0.15, 0.2) is 0 Å². The standard InChI is InChI=1S/C12H20N4/c1-3-5-6-10-16-12(7-4-2)11(8-9-13)14-15-16/h3-8,10H2,1-2H3. The van der Waals surface area contributed by atoms with E-state index in [0.717, 1.165) is 37.2 Å². The second-order valence-electron chi connectivity index (χ2n) is 4.00. The van der Waals surface area contributed by atoms with E-state index in [1.165, 1.54) is 12.8 Å². The molecule has 0 radical (unpaired) electrons. The number of aromatic nitrogens is 3. The summed E-state index contributed by atoms with van der Waals surface area (Å²) in [7, 11) is 0. The second-order valence-corrected chi connectivity index (χ2v) is 4.00. The Kier molecular flexibility index (Phi) is 5.55. The van der Waals surface area contributed by atoms with Gasteiger partial charge in [0.05, 0.1) is 23.9 Å². The normalized spacial score (nSPS) is 10.3. The van der Waals surface area contributed by atoms with E-state index in [0.29, 0.717) is 6.42 Å². The van der Waals surface area contributed by atoms with Crippen LogP contribution < -0.4 is 0 Å². The van der Waals surface area contributed by atoms with Gasteiger partial charge in [-0.25, -0.2) is 4.68 Å².